The first-order chi connectivity index (χ1) is 5.77. The molecule has 2 heterocycles. The van der Waals surface area contributed by atoms with Crippen molar-refractivity contribution in [1.29, 1.82) is 0 Å². The zero-order valence-electron chi connectivity index (χ0n) is 6.04. The van der Waals surface area contributed by atoms with E-state index in [-0.39, 0.29) is 5.43 Å². The summed E-state index contributed by atoms with van der Waals surface area (Å²) in [6.07, 6.45) is 1.61. The summed E-state index contributed by atoms with van der Waals surface area (Å²) < 4.78 is 0.673. The Morgan fingerprint density at radius 3 is 3.00 bits per heavy atom. The fourth-order valence-corrected chi connectivity index (χ4v) is 1.34. The van der Waals surface area contributed by atoms with Crippen molar-refractivity contribution in [2.75, 3.05) is 0 Å². The summed E-state index contributed by atoms with van der Waals surface area (Å²) in [7, 11) is 0. The van der Waals surface area contributed by atoms with Gasteiger partial charge in [-0.1, -0.05) is 0 Å². The molecule has 0 aliphatic rings. The van der Waals surface area contributed by atoms with E-state index in [4.69, 9.17) is 0 Å². The first-order valence-electron chi connectivity index (χ1n) is 3.41. The van der Waals surface area contributed by atoms with Crippen LogP contribution >= 0.6 is 15.9 Å². The van der Waals surface area contributed by atoms with E-state index in [1.807, 2.05) is 6.07 Å². The van der Waals surface area contributed by atoms with Crippen LogP contribution in [0.15, 0.2) is 33.8 Å². The fourth-order valence-electron chi connectivity index (χ4n) is 1.03. The average molecular weight is 225 g/mol. The molecule has 0 bridgehead atoms. The minimum absolute atomic E-state index is 0.0648. The van der Waals surface area contributed by atoms with Gasteiger partial charge in [0.2, 0.25) is 5.43 Å². The summed E-state index contributed by atoms with van der Waals surface area (Å²) in [4.78, 5) is 18.2. The van der Waals surface area contributed by atoms with Crippen LogP contribution < -0.4 is 5.43 Å². The van der Waals surface area contributed by atoms with Crippen LogP contribution in [0.4, 0.5) is 0 Å². The number of halogens is 1. The molecule has 1 N–H and O–H groups in total. The van der Waals surface area contributed by atoms with E-state index in [1.54, 1.807) is 12.3 Å². The molecule has 0 fully saturated rings. The summed E-state index contributed by atoms with van der Waals surface area (Å²) in [6.45, 7) is 0. The second-order valence-corrected chi connectivity index (χ2v) is 3.18. The highest BCUT2D eigenvalue weighted by atomic mass is 79.9. The molecule has 2 rings (SSSR count). The molecule has 0 aromatic carbocycles. The number of aromatic amines is 1. The molecule has 0 amide bonds. The Balaban J connectivity index is 2.98. The highest BCUT2D eigenvalue weighted by molar-refractivity contribution is 9.10. The van der Waals surface area contributed by atoms with Crippen LogP contribution in [0.3, 0.4) is 0 Å². The van der Waals surface area contributed by atoms with Crippen LogP contribution in [0.2, 0.25) is 0 Å². The van der Waals surface area contributed by atoms with E-state index in [0.717, 1.165) is 5.52 Å². The molecular weight excluding hydrogens is 220 g/mol. The van der Waals surface area contributed by atoms with Gasteiger partial charge in [0, 0.05) is 12.3 Å². The average Bonchev–Trinajstić information content (AvgIpc) is 2.07. The van der Waals surface area contributed by atoms with Gasteiger partial charge in [-0.3, -0.25) is 4.79 Å². The van der Waals surface area contributed by atoms with E-state index in [1.165, 1.54) is 6.07 Å². The van der Waals surface area contributed by atoms with E-state index >= 15 is 0 Å². The van der Waals surface area contributed by atoms with Crippen LogP contribution in [0.25, 0.3) is 11.0 Å². The predicted octanol–water partition coefficient (Wildman–Crippen LogP) is 1.69. The Morgan fingerprint density at radius 1 is 1.33 bits per heavy atom. The number of fused-ring (bicyclic) bond motifs is 1. The number of H-pyrrole nitrogens is 1. The van der Waals surface area contributed by atoms with Crippen molar-refractivity contribution in [1.82, 2.24) is 9.97 Å². The molecule has 0 saturated carbocycles. The lowest BCUT2D eigenvalue weighted by Crippen LogP contribution is -2.01. The minimum Gasteiger partial charge on any atom is -0.360 e. The summed E-state index contributed by atoms with van der Waals surface area (Å²) in [5.41, 5.74) is 1.16. The first-order valence-corrected chi connectivity index (χ1v) is 4.20. The van der Waals surface area contributed by atoms with E-state index < -0.39 is 0 Å². The monoisotopic (exact) mass is 224 g/mol. The lowest BCUT2D eigenvalue weighted by Gasteiger charge is -1.94. The molecule has 4 heteroatoms. The van der Waals surface area contributed by atoms with Crippen molar-refractivity contribution in [2.24, 2.45) is 0 Å². The van der Waals surface area contributed by atoms with Crippen LogP contribution in [-0.4, -0.2) is 9.97 Å². The van der Waals surface area contributed by atoms with E-state index in [0.29, 0.717) is 10.1 Å². The second-order valence-electron chi connectivity index (χ2n) is 2.37. The van der Waals surface area contributed by atoms with Gasteiger partial charge in [-0.2, -0.15) is 0 Å². The highest BCUT2D eigenvalue weighted by Crippen LogP contribution is 2.09. The molecule has 3 nitrogen and oxygen atoms in total. The van der Waals surface area contributed by atoms with Crippen LogP contribution in [0.1, 0.15) is 0 Å². The normalized spacial score (nSPS) is 10.4. The van der Waals surface area contributed by atoms with Gasteiger partial charge in [0.1, 0.15) is 10.1 Å². The van der Waals surface area contributed by atoms with Gasteiger partial charge in [0.05, 0.1) is 5.52 Å². The van der Waals surface area contributed by atoms with E-state index in [2.05, 4.69) is 25.9 Å². The summed E-state index contributed by atoms with van der Waals surface area (Å²) >= 11 is 3.20. The third kappa shape index (κ3) is 1.14. The summed E-state index contributed by atoms with van der Waals surface area (Å²) in [5, 5.41) is 0. The number of hydrogen-bond acceptors (Lipinski definition) is 2. The Labute approximate surface area is 76.6 Å². The number of rotatable bonds is 0. The number of nitrogens with zero attached hydrogens (tertiary/aromatic N) is 1. The van der Waals surface area contributed by atoms with Gasteiger partial charge >= 0.3 is 0 Å². The van der Waals surface area contributed by atoms with Crippen molar-refractivity contribution < 1.29 is 0 Å². The zero-order chi connectivity index (χ0) is 8.55. The zero-order valence-corrected chi connectivity index (χ0v) is 7.63. The van der Waals surface area contributed by atoms with Crippen molar-refractivity contribution in [3.05, 3.63) is 39.2 Å². The highest BCUT2D eigenvalue weighted by Gasteiger charge is 1.98. The predicted molar refractivity (Wildman–Crippen MR) is 50.1 cm³/mol. The number of pyridine rings is 2. The van der Waals surface area contributed by atoms with Gasteiger partial charge < -0.3 is 4.98 Å². The third-order valence-corrected chi connectivity index (χ3v) is 2.01. The van der Waals surface area contributed by atoms with Gasteiger partial charge in [0.25, 0.3) is 0 Å². The van der Waals surface area contributed by atoms with E-state index in [9.17, 15) is 4.79 Å². The van der Waals surface area contributed by atoms with Gasteiger partial charge in [-0.15, -0.1) is 0 Å². The minimum atomic E-state index is -0.0648. The number of hydrogen-bond donors (Lipinski definition) is 1. The molecule has 0 aliphatic carbocycles. The molecule has 0 saturated heterocycles. The maximum atomic E-state index is 11.2. The Kier molecular flexibility index (Phi) is 1.69. The molecule has 0 aliphatic heterocycles. The fraction of sp³-hybridized carbons (Fsp3) is 0. The molecule has 2 aromatic rings. The second kappa shape index (κ2) is 2.71. The third-order valence-electron chi connectivity index (χ3n) is 1.57. The maximum absolute atomic E-state index is 11.2. The van der Waals surface area contributed by atoms with Crippen molar-refractivity contribution in [3.8, 4) is 0 Å². The maximum Gasteiger partial charge on any atom is 0.207 e. The van der Waals surface area contributed by atoms with Crippen LogP contribution in [0, 0.1) is 0 Å². The summed E-state index contributed by atoms with van der Waals surface area (Å²) in [5.74, 6) is 0. The lowest BCUT2D eigenvalue weighted by atomic mass is 10.3. The quantitative estimate of drug-likeness (QED) is 0.693. The first kappa shape index (κ1) is 7.49. The van der Waals surface area contributed by atoms with Gasteiger partial charge in [0.15, 0.2) is 0 Å². The van der Waals surface area contributed by atoms with Crippen molar-refractivity contribution in [3.63, 3.8) is 0 Å². The van der Waals surface area contributed by atoms with Gasteiger partial charge in [-0.25, -0.2) is 4.98 Å². The Bertz CT molecular complexity index is 478. The Hall–Kier alpha value is -1.16. The van der Waals surface area contributed by atoms with Crippen molar-refractivity contribution in [2.45, 2.75) is 0 Å². The molecule has 0 unspecified atom stereocenters. The smallest absolute Gasteiger partial charge is 0.207 e. The molecule has 12 heavy (non-hydrogen) atoms. The molecule has 0 radical (unpaired) electrons. The van der Waals surface area contributed by atoms with Crippen LogP contribution in [0.5, 0.6) is 0 Å². The molecule has 0 spiro atoms. The molecular formula is C8H5BrN2O. The molecule has 2 aromatic heterocycles. The topological polar surface area (TPSA) is 45.8 Å². The van der Waals surface area contributed by atoms with Crippen LogP contribution in [-0.2, 0) is 0 Å². The SMILES string of the molecule is O=c1cc[nH]c2ccc(Br)nc12. The molecule has 0 atom stereocenters. The number of aromatic nitrogens is 2. The standard InChI is InChI=1S/C8H5BrN2O/c9-7-2-1-5-8(11-7)6(12)3-4-10-5/h1-4H,(H,10,12). The van der Waals surface area contributed by atoms with Crippen molar-refractivity contribution >= 4 is 27.0 Å². The largest absolute Gasteiger partial charge is 0.360 e. The molecule has 60 valence electrons. The summed E-state index contributed by atoms with van der Waals surface area (Å²) in [6, 6.07) is 5.06. The van der Waals surface area contributed by atoms with Gasteiger partial charge in [-0.05, 0) is 28.1 Å². The number of nitrogens with one attached hydrogen (secondary N) is 1. The Morgan fingerprint density at radius 2 is 2.17 bits per heavy atom. The lowest BCUT2D eigenvalue weighted by molar-refractivity contribution is 1.28.